The third-order valence-electron chi connectivity index (χ3n) is 5.05. The highest BCUT2D eigenvalue weighted by Gasteiger charge is 2.22. The minimum atomic E-state index is -1.02. The van der Waals surface area contributed by atoms with Gasteiger partial charge in [-0.1, -0.05) is 18.2 Å². The predicted molar refractivity (Wildman–Crippen MR) is 109 cm³/mol. The fourth-order valence-electron chi connectivity index (χ4n) is 3.66. The van der Waals surface area contributed by atoms with E-state index in [2.05, 4.69) is 25.6 Å². The SMILES string of the molecule is O=c1[nH]c2cc(F)c(F)cc2c(N[C@H]2CC=CNC2)c1-c1nc2ccccc2[nH]1. The smallest absolute Gasteiger partial charge is 0.261 e. The minimum Gasteiger partial charge on any atom is -0.389 e. The molecule has 1 aliphatic rings. The van der Waals surface area contributed by atoms with Crippen LogP contribution in [0.25, 0.3) is 33.3 Å². The Labute approximate surface area is 163 Å². The molecule has 5 rings (SSSR count). The maximum Gasteiger partial charge on any atom is 0.261 e. The van der Waals surface area contributed by atoms with Crippen molar-refractivity contribution in [2.45, 2.75) is 12.5 Å². The Bertz CT molecular complexity index is 1290. The summed E-state index contributed by atoms with van der Waals surface area (Å²) in [6, 6.07) is 9.49. The molecule has 0 saturated heterocycles. The summed E-state index contributed by atoms with van der Waals surface area (Å²) < 4.78 is 27.8. The van der Waals surface area contributed by atoms with E-state index in [1.165, 1.54) is 0 Å². The lowest BCUT2D eigenvalue weighted by molar-refractivity contribution is 0.510. The molecule has 3 heterocycles. The molecule has 146 valence electrons. The van der Waals surface area contributed by atoms with Gasteiger partial charge >= 0.3 is 0 Å². The van der Waals surface area contributed by atoms with Gasteiger partial charge in [0.05, 0.1) is 22.2 Å². The molecule has 2 aromatic carbocycles. The number of nitrogens with zero attached hydrogens (tertiary/aromatic N) is 1. The molecule has 1 atom stereocenters. The Morgan fingerprint density at radius 2 is 1.90 bits per heavy atom. The molecule has 0 radical (unpaired) electrons. The summed E-state index contributed by atoms with van der Waals surface area (Å²) >= 11 is 0. The number of nitrogens with one attached hydrogen (secondary N) is 4. The summed E-state index contributed by atoms with van der Waals surface area (Å²) in [5.41, 5.74) is 1.94. The third kappa shape index (κ3) is 3.02. The molecule has 0 spiro atoms. The van der Waals surface area contributed by atoms with E-state index >= 15 is 0 Å². The van der Waals surface area contributed by atoms with Gasteiger partial charge in [0.15, 0.2) is 11.6 Å². The van der Waals surface area contributed by atoms with Gasteiger partial charge in [-0.05, 0) is 30.8 Å². The van der Waals surface area contributed by atoms with Crippen LogP contribution < -0.4 is 16.2 Å². The highest BCUT2D eigenvalue weighted by molar-refractivity contribution is 5.99. The zero-order valence-electron chi connectivity index (χ0n) is 15.2. The van der Waals surface area contributed by atoms with Gasteiger partial charge in [-0.3, -0.25) is 4.79 Å². The Morgan fingerprint density at radius 3 is 2.69 bits per heavy atom. The number of H-pyrrole nitrogens is 2. The van der Waals surface area contributed by atoms with Crippen molar-refractivity contribution in [1.29, 1.82) is 0 Å². The highest BCUT2D eigenvalue weighted by atomic mass is 19.2. The molecule has 29 heavy (non-hydrogen) atoms. The van der Waals surface area contributed by atoms with E-state index in [0.717, 1.165) is 24.1 Å². The minimum absolute atomic E-state index is 0.0266. The van der Waals surface area contributed by atoms with E-state index < -0.39 is 17.2 Å². The number of para-hydroxylation sites is 2. The average molecular weight is 393 g/mol. The molecular weight excluding hydrogens is 376 g/mol. The summed E-state index contributed by atoms with van der Waals surface area (Å²) in [4.78, 5) is 23.3. The highest BCUT2D eigenvalue weighted by Crippen LogP contribution is 2.32. The van der Waals surface area contributed by atoms with Crippen LogP contribution in [-0.2, 0) is 0 Å². The molecule has 0 amide bonds. The van der Waals surface area contributed by atoms with Gasteiger partial charge in [0, 0.05) is 24.0 Å². The molecule has 8 heteroatoms. The van der Waals surface area contributed by atoms with Crippen LogP contribution in [0.1, 0.15) is 6.42 Å². The zero-order chi connectivity index (χ0) is 20.0. The number of hydrogen-bond donors (Lipinski definition) is 4. The van der Waals surface area contributed by atoms with Crippen molar-refractivity contribution in [1.82, 2.24) is 20.3 Å². The van der Waals surface area contributed by atoms with Crippen LogP contribution in [0.2, 0.25) is 0 Å². The van der Waals surface area contributed by atoms with Crippen molar-refractivity contribution >= 4 is 27.6 Å². The van der Waals surface area contributed by atoms with Crippen LogP contribution in [-0.4, -0.2) is 27.5 Å². The number of aromatic nitrogens is 3. The van der Waals surface area contributed by atoms with Gasteiger partial charge in [0.25, 0.3) is 5.56 Å². The van der Waals surface area contributed by atoms with Crippen molar-refractivity contribution in [3.05, 3.63) is 70.7 Å². The fourth-order valence-corrected chi connectivity index (χ4v) is 3.66. The van der Waals surface area contributed by atoms with Crippen LogP contribution in [0.5, 0.6) is 0 Å². The van der Waals surface area contributed by atoms with Crippen LogP contribution in [0.4, 0.5) is 14.5 Å². The molecule has 4 aromatic rings. The van der Waals surface area contributed by atoms with Crippen LogP contribution in [0.3, 0.4) is 0 Å². The lowest BCUT2D eigenvalue weighted by atomic mass is 10.1. The number of imidazole rings is 1. The molecule has 2 aromatic heterocycles. The number of fused-ring (bicyclic) bond motifs is 2. The maximum absolute atomic E-state index is 14.1. The van der Waals surface area contributed by atoms with Gasteiger partial charge in [0.1, 0.15) is 11.4 Å². The molecule has 6 nitrogen and oxygen atoms in total. The van der Waals surface area contributed by atoms with Gasteiger partial charge in [-0.15, -0.1) is 0 Å². The van der Waals surface area contributed by atoms with Gasteiger partial charge in [-0.2, -0.15) is 0 Å². The second-order valence-corrected chi connectivity index (χ2v) is 7.01. The van der Waals surface area contributed by atoms with E-state index in [4.69, 9.17) is 0 Å². The maximum atomic E-state index is 14.1. The second-order valence-electron chi connectivity index (χ2n) is 7.01. The first-order valence-corrected chi connectivity index (χ1v) is 9.25. The summed E-state index contributed by atoms with van der Waals surface area (Å²) in [7, 11) is 0. The normalized spacial score (nSPS) is 16.3. The summed E-state index contributed by atoms with van der Waals surface area (Å²) in [5.74, 6) is -1.64. The van der Waals surface area contributed by atoms with Crippen LogP contribution in [0.15, 0.2) is 53.5 Å². The van der Waals surface area contributed by atoms with Crippen LogP contribution >= 0.6 is 0 Å². The van der Waals surface area contributed by atoms with Crippen molar-refractivity contribution in [2.24, 2.45) is 0 Å². The average Bonchev–Trinajstić information content (AvgIpc) is 3.14. The molecule has 0 bridgehead atoms. The summed E-state index contributed by atoms with van der Waals surface area (Å²) in [6.07, 6.45) is 4.56. The zero-order valence-corrected chi connectivity index (χ0v) is 15.2. The third-order valence-corrected chi connectivity index (χ3v) is 5.05. The topological polar surface area (TPSA) is 85.6 Å². The Kier molecular flexibility index (Phi) is 4.04. The predicted octanol–water partition coefficient (Wildman–Crippen LogP) is 3.64. The Balaban J connectivity index is 1.77. The van der Waals surface area contributed by atoms with Gasteiger partial charge in [-0.25, -0.2) is 13.8 Å². The Morgan fingerprint density at radius 1 is 1.07 bits per heavy atom. The van der Waals surface area contributed by atoms with Crippen molar-refractivity contribution in [2.75, 3.05) is 11.9 Å². The number of benzene rings is 2. The number of rotatable bonds is 3. The second kappa shape index (κ2) is 6.73. The molecule has 0 aliphatic carbocycles. The van der Waals surface area contributed by atoms with E-state index in [9.17, 15) is 13.6 Å². The van der Waals surface area contributed by atoms with E-state index in [1.807, 2.05) is 36.5 Å². The summed E-state index contributed by atoms with van der Waals surface area (Å²) in [5, 5.41) is 6.86. The largest absolute Gasteiger partial charge is 0.389 e. The first kappa shape index (κ1) is 17.4. The number of anilines is 1. The van der Waals surface area contributed by atoms with Gasteiger partial charge < -0.3 is 20.6 Å². The van der Waals surface area contributed by atoms with E-state index in [0.29, 0.717) is 29.0 Å². The quantitative estimate of drug-likeness (QED) is 0.428. The fraction of sp³-hybridized carbons (Fsp3) is 0.143. The monoisotopic (exact) mass is 393 g/mol. The molecule has 0 unspecified atom stereocenters. The van der Waals surface area contributed by atoms with Crippen molar-refractivity contribution < 1.29 is 8.78 Å². The Hall–Kier alpha value is -3.68. The number of hydrogen-bond acceptors (Lipinski definition) is 4. The van der Waals surface area contributed by atoms with Gasteiger partial charge in [0.2, 0.25) is 0 Å². The number of pyridine rings is 1. The number of aromatic amines is 2. The standard InChI is InChI=1S/C21H17F2N5O/c22-13-8-12-17(9-14(13)23)28-21(29)18(19(12)25-11-4-3-7-24-10-11)20-26-15-5-1-2-6-16(15)27-20/h1-3,5-9,11,24H,4,10H2,(H,26,27)(H2,25,28,29)/t11-/m0/s1. The first-order valence-electron chi connectivity index (χ1n) is 9.25. The van der Waals surface area contributed by atoms with Crippen LogP contribution in [0, 0.1) is 11.6 Å². The summed E-state index contributed by atoms with van der Waals surface area (Å²) in [6.45, 7) is 0.633. The molecule has 4 N–H and O–H groups in total. The number of halogens is 2. The van der Waals surface area contributed by atoms with E-state index in [-0.39, 0.29) is 17.1 Å². The van der Waals surface area contributed by atoms with Crippen molar-refractivity contribution in [3.8, 4) is 11.4 Å². The first-order chi connectivity index (χ1) is 14.1. The molecule has 0 fully saturated rings. The van der Waals surface area contributed by atoms with Crippen molar-refractivity contribution in [3.63, 3.8) is 0 Å². The molecule has 0 saturated carbocycles. The van der Waals surface area contributed by atoms with E-state index in [1.54, 1.807) is 0 Å². The lowest BCUT2D eigenvalue weighted by Crippen LogP contribution is -2.33. The molecule has 1 aliphatic heterocycles. The molecular formula is C21H17F2N5O. The lowest BCUT2D eigenvalue weighted by Gasteiger charge is -2.24.